The molecule has 0 spiro atoms. The summed E-state index contributed by atoms with van der Waals surface area (Å²) < 4.78 is 5.53. The summed E-state index contributed by atoms with van der Waals surface area (Å²) in [5.41, 5.74) is 0.623. The van der Waals surface area contributed by atoms with Crippen LogP contribution in [0.1, 0.15) is 60.1 Å². The molecular weight excluding hydrogens is 538 g/mol. The minimum atomic E-state index is -1.43. The third-order valence-corrected chi connectivity index (χ3v) is 7.27. The lowest BCUT2D eigenvalue weighted by atomic mass is 9.83. The second kappa shape index (κ2) is 17.5. The predicted octanol–water partition coefficient (Wildman–Crippen LogP) is 2.20. The van der Waals surface area contributed by atoms with Gasteiger partial charge in [-0.05, 0) is 36.3 Å². The first-order valence-electron chi connectivity index (χ1n) is 14.8. The lowest BCUT2D eigenvalue weighted by Crippen LogP contribution is -2.58. The number of rotatable bonds is 18. The summed E-state index contributed by atoms with van der Waals surface area (Å²) in [5, 5.41) is 31.0. The van der Waals surface area contributed by atoms with E-state index in [0.717, 1.165) is 6.42 Å². The van der Waals surface area contributed by atoms with Gasteiger partial charge in [0.1, 0.15) is 17.9 Å². The number of H-pyrrole nitrogens is 1. The Labute approximate surface area is 249 Å². The van der Waals surface area contributed by atoms with Gasteiger partial charge >= 0.3 is 0 Å². The van der Waals surface area contributed by atoms with Gasteiger partial charge in [-0.25, -0.2) is 4.98 Å². The first-order valence-corrected chi connectivity index (χ1v) is 14.8. The molecule has 11 heteroatoms. The average Bonchev–Trinajstić information content (AvgIpc) is 3.47. The number of nitrogens with zero attached hydrogens (tertiary/aromatic N) is 1. The van der Waals surface area contributed by atoms with E-state index in [4.69, 9.17) is 4.74 Å². The van der Waals surface area contributed by atoms with Crippen molar-refractivity contribution in [1.82, 2.24) is 25.9 Å². The van der Waals surface area contributed by atoms with Crippen LogP contribution >= 0.6 is 0 Å². The third-order valence-electron chi connectivity index (χ3n) is 7.27. The molecular formula is C31H49N5O6. The average molecular weight is 588 g/mol. The van der Waals surface area contributed by atoms with Crippen LogP contribution in [0.2, 0.25) is 0 Å². The van der Waals surface area contributed by atoms with Crippen LogP contribution in [0, 0.1) is 23.7 Å². The number of hydrogen-bond acceptors (Lipinski definition) is 7. The highest BCUT2D eigenvalue weighted by atomic mass is 16.5. The van der Waals surface area contributed by atoms with Crippen LogP contribution in [0.3, 0.4) is 0 Å². The second-order valence-corrected chi connectivity index (χ2v) is 11.8. The summed E-state index contributed by atoms with van der Waals surface area (Å²) in [7, 11) is 0. The number of ether oxygens (including phenoxy) is 1. The molecule has 0 aliphatic heterocycles. The van der Waals surface area contributed by atoms with Crippen LogP contribution in [-0.2, 0) is 20.8 Å². The van der Waals surface area contributed by atoms with Crippen LogP contribution in [0.5, 0.6) is 5.75 Å². The zero-order chi connectivity index (χ0) is 31.2. The van der Waals surface area contributed by atoms with E-state index >= 15 is 0 Å². The molecule has 0 fully saturated rings. The molecule has 0 bridgehead atoms. The van der Waals surface area contributed by atoms with E-state index in [9.17, 15) is 24.6 Å². The zero-order valence-electron chi connectivity index (χ0n) is 25.7. The number of carbonyl (C=O) groups excluding carboxylic acids is 3. The third kappa shape index (κ3) is 11.4. The normalized spacial score (nSPS) is 15.8. The minimum Gasteiger partial charge on any atom is -0.484 e. The summed E-state index contributed by atoms with van der Waals surface area (Å²) >= 11 is 0. The smallest absolute Gasteiger partial charge is 0.258 e. The van der Waals surface area contributed by atoms with Crippen molar-refractivity contribution in [2.24, 2.45) is 23.7 Å². The van der Waals surface area contributed by atoms with Crippen molar-refractivity contribution in [3.63, 3.8) is 0 Å². The summed E-state index contributed by atoms with van der Waals surface area (Å²) in [4.78, 5) is 46.3. The number of benzene rings is 1. The Balaban J connectivity index is 2.18. The fourth-order valence-electron chi connectivity index (χ4n) is 4.64. The maximum Gasteiger partial charge on any atom is 0.258 e. The molecule has 0 aliphatic rings. The monoisotopic (exact) mass is 587 g/mol. The number of hydrogen-bond donors (Lipinski definition) is 6. The maximum absolute atomic E-state index is 13.6. The first kappa shape index (κ1) is 34.8. The summed E-state index contributed by atoms with van der Waals surface area (Å²) in [5.74, 6) is -1.69. The molecule has 0 aliphatic carbocycles. The molecule has 1 aromatic carbocycles. The maximum atomic E-state index is 13.6. The Kier molecular flexibility index (Phi) is 14.5. The zero-order valence-corrected chi connectivity index (χ0v) is 25.7. The number of aliphatic hydroxyl groups excluding tert-OH is 2. The molecule has 234 valence electrons. The van der Waals surface area contributed by atoms with Crippen molar-refractivity contribution in [3.05, 3.63) is 48.5 Å². The highest BCUT2D eigenvalue weighted by molar-refractivity contribution is 5.88. The van der Waals surface area contributed by atoms with Gasteiger partial charge in [0.05, 0.1) is 24.4 Å². The SMILES string of the molecule is CC[C@H](C)CNC(=O)[C@H](C(C)C)[C@@H](O)[C@H](O)[C@H](CC(C)C)NC(=O)[C@H](Cc1cnc[nH]1)NC(=O)COc1ccccc1. The predicted molar refractivity (Wildman–Crippen MR) is 160 cm³/mol. The van der Waals surface area contributed by atoms with Gasteiger partial charge in [-0.3, -0.25) is 14.4 Å². The molecule has 1 aromatic heterocycles. The van der Waals surface area contributed by atoms with E-state index in [1.165, 1.54) is 6.33 Å². The molecule has 6 N–H and O–H groups in total. The Morgan fingerprint density at radius 3 is 2.24 bits per heavy atom. The Morgan fingerprint density at radius 2 is 1.67 bits per heavy atom. The van der Waals surface area contributed by atoms with Crippen LogP contribution < -0.4 is 20.7 Å². The molecule has 3 amide bonds. The van der Waals surface area contributed by atoms with Crippen molar-refractivity contribution in [2.45, 2.75) is 85.1 Å². The largest absolute Gasteiger partial charge is 0.484 e. The van der Waals surface area contributed by atoms with Gasteiger partial charge in [0.15, 0.2) is 6.61 Å². The van der Waals surface area contributed by atoms with Crippen molar-refractivity contribution in [2.75, 3.05) is 13.2 Å². The van der Waals surface area contributed by atoms with Gasteiger partial charge in [-0.1, -0.05) is 66.2 Å². The number of carbonyl (C=O) groups is 3. The van der Waals surface area contributed by atoms with Crippen LogP contribution in [0.25, 0.3) is 0 Å². The molecule has 0 saturated heterocycles. The van der Waals surface area contributed by atoms with Crippen molar-refractivity contribution < 1.29 is 29.3 Å². The second-order valence-electron chi connectivity index (χ2n) is 11.8. The lowest BCUT2D eigenvalue weighted by molar-refractivity contribution is -0.137. The molecule has 1 heterocycles. The van der Waals surface area contributed by atoms with Gasteiger partial charge in [-0.15, -0.1) is 0 Å². The fourth-order valence-corrected chi connectivity index (χ4v) is 4.64. The standard InChI is InChI=1S/C31H49N5O6/c1-7-21(6)15-33-31(41)27(20(4)5)29(39)28(38)24(13-19(2)3)36-30(40)25(14-22-16-32-18-34-22)35-26(37)17-42-23-11-9-8-10-12-23/h8-12,16,18-21,24-25,27-29,38-39H,7,13-15,17H2,1-6H3,(H,32,34)(H,33,41)(H,35,37)(H,36,40)/t21-,24-,25-,27+,28+,29+/m0/s1. The molecule has 11 nitrogen and oxygen atoms in total. The lowest BCUT2D eigenvalue weighted by Gasteiger charge is -2.35. The van der Waals surface area contributed by atoms with Crippen LogP contribution in [0.15, 0.2) is 42.9 Å². The number of para-hydroxylation sites is 1. The fraction of sp³-hybridized carbons (Fsp3) is 0.613. The van der Waals surface area contributed by atoms with Gasteiger partial charge in [0.25, 0.3) is 5.91 Å². The van der Waals surface area contributed by atoms with Crippen molar-refractivity contribution >= 4 is 17.7 Å². The van der Waals surface area contributed by atoms with E-state index < -0.39 is 42.0 Å². The molecule has 42 heavy (non-hydrogen) atoms. The number of aliphatic hydroxyl groups is 2. The number of aromatic nitrogens is 2. The molecule has 2 aromatic rings. The Bertz CT molecular complexity index is 1080. The number of nitrogens with one attached hydrogen (secondary N) is 4. The van der Waals surface area contributed by atoms with Crippen molar-refractivity contribution in [1.29, 1.82) is 0 Å². The topological polar surface area (TPSA) is 166 Å². The number of imidazole rings is 1. The van der Waals surface area contributed by atoms with Gasteiger partial charge in [0, 0.05) is 24.9 Å². The molecule has 0 unspecified atom stereocenters. The summed E-state index contributed by atoms with van der Waals surface area (Å²) in [6, 6.07) is 6.96. The van der Waals surface area contributed by atoms with Gasteiger partial charge < -0.3 is 35.9 Å². The Morgan fingerprint density at radius 1 is 0.976 bits per heavy atom. The van der Waals surface area contributed by atoms with E-state index in [-0.39, 0.29) is 36.7 Å². The van der Waals surface area contributed by atoms with Gasteiger partial charge in [0.2, 0.25) is 11.8 Å². The first-order chi connectivity index (χ1) is 19.9. The van der Waals surface area contributed by atoms with E-state index in [0.29, 0.717) is 24.4 Å². The van der Waals surface area contributed by atoms with E-state index in [1.54, 1.807) is 30.5 Å². The number of amides is 3. The van der Waals surface area contributed by atoms with E-state index in [2.05, 4.69) is 25.9 Å². The molecule has 6 atom stereocenters. The van der Waals surface area contributed by atoms with Crippen LogP contribution in [-0.4, -0.2) is 75.3 Å². The molecule has 0 radical (unpaired) electrons. The molecule has 2 rings (SSSR count). The number of aromatic amines is 1. The van der Waals surface area contributed by atoms with Crippen LogP contribution in [0.4, 0.5) is 0 Å². The van der Waals surface area contributed by atoms with E-state index in [1.807, 2.05) is 47.6 Å². The quantitative estimate of drug-likeness (QED) is 0.156. The van der Waals surface area contributed by atoms with Gasteiger partial charge in [-0.2, -0.15) is 0 Å². The van der Waals surface area contributed by atoms with Crippen molar-refractivity contribution in [3.8, 4) is 5.75 Å². The summed E-state index contributed by atoms with van der Waals surface area (Å²) in [6.45, 7) is 11.7. The highest BCUT2D eigenvalue weighted by Crippen LogP contribution is 2.23. The molecule has 0 saturated carbocycles. The highest BCUT2D eigenvalue weighted by Gasteiger charge is 2.39. The Hall–Kier alpha value is -3.44. The summed E-state index contributed by atoms with van der Waals surface area (Å²) in [6.07, 6.45) is 1.53. The minimum absolute atomic E-state index is 0.0498.